The molecule has 1 atom stereocenters. The third-order valence-electron chi connectivity index (χ3n) is 4.89. The predicted molar refractivity (Wildman–Crippen MR) is 97.0 cm³/mol. The average molecular weight is 358 g/mol. The van der Waals surface area contributed by atoms with Gasteiger partial charge in [0.25, 0.3) is 5.91 Å². The van der Waals surface area contributed by atoms with Crippen LogP contribution in [0.15, 0.2) is 36.5 Å². The van der Waals surface area contributed by atoms with E-state index in [-0.39, 0.29) is 12.0 Å². The van der Waals surface area contributed by atoms with Crippen molar-refractivity contribution in [3.8, 4) is 0 Å². The number of aliphatic hydroxyl groups is 1. The van der Waals surface area contributed by atoms with Gasteiger partial charge in [-0.15, -0.1) is 0 Å². The molecular weight excluding hydrogens is 338 g/mol. The lowest BCUT2D eigenvalue weighted by molar-refractivity contribution is 0.0980. The highest BCUT2D eigenvalue weighted by Crippen LogP contribution is 2.26. The summed E-state index contributed by atoms with van der Waals surface area (Å²) in [6.45, 7) is 3.01. The number of rotatable bonds is 3. The Kier molecular flexibility index (Phi) is 4.46. The Balaban J connectivity index is 1.49. The van der Waals surface area contributed by atoms with Gasteiger partial charge in [0.1, 0.15) is 5.82 Å². The number of hydrogen-bond acceptors (Lipinski definition) is 4. The lowest BCUT2D eigenvalue weighted by Gasteiger charge is -2.28. The Morgan fingerprint density at radius 2 is 2.12 bits per heavy atom. The highest BCUT2D eigenvalue weighted by Gasteiger charge is 2.26. The molecule has 1 saturated heterocycles. The summed E-state index contributed by atoms with van der Waals surface area (Å²) in [6, 6.07) is 9.33. The number of likely N-dealkylation sites (tertiary alicyclic amines) is 1. The van der Waals surface area contributed by atoms with Gasteiger partial charge in [0.05, 0.1) is 6.10 Å². The molecule has 3 heterocycles. The minimum atomic E-state index is -0.216. The standard InChI is InChI=1S/C19H20ClN3O2/c20-15-2-3-17-14(9-15)5-8-23(19(17)25)18-4-1-13(10-21-18)11-22-7-6-16(24)12-22/h1-4,9-10,16,24H,5-8,11-12H2. The fourth-order valence-electron chi connectivity index (χ4n) is 3.56. The quantitative estimate of drug-likeness (QED) is 0.917. The van der Waals surface area contributed by atoms with Crippen molar-refractivity contribution in [1.29, 1.82) is 0 Å². The van der Waals surface area contributed by atoms with E-state index in [4.69, 9.17) is 11.6 Å². The van der Waals surface area contributed by atoms with Crippen LogP contribution in [0.4, 0.5) is 5.82 Å². The number of aromatic nitrogens is 1. The minimum Gasteiger partial charge on any atom is -0.392 e. The number of carbonyl (C=O) groups excluding carboxylic acids is 1. The number of nitrogens with zero attached hydrogens (tertiary/aromatic N) is 3. The van der Waals surface area contributed by atoms with Gasteiger partial charge in [-0.05, 0) is 48.2 Å². The summed E-state index contributed by atoms with van der Waals surface area (Å²) in [5, 5.41) is 10.3. The van der Waals surface area contributed by atoms with Crippen LogP contribution in [0.3, 0.4) is 0 Å². The third kappa shape index (κ3) is 3.40. The van der Waals surface area contributed by atoms with Crippen molar-refractivity contribution in [3.63, 3.8) is 0 Å². The van der Waals surface area contributed by atoms with Crippen molar-refractivity contribution in [2.45, 2.75) is 25.5 Å². The van der Waals surface area contributed by atoms with E-state index in [1.165, 1.54) is 0 Å². The van der Waals surface area contributed by atoms with Gasteiger partial charge in [0, 0.05) is 43.0 Å². The van der Waals surface area contributed by atoms with Gasteiger partial charge in [0.15, 0.2) is 0 Å². The molecule has 0 aliphatic carbocycles. The van der Waals surface area contributed by atoms with Crippen molar-refractivity contribution in [2.24, 2.45) is 0 Å². The van der Waals surface area contributed by atoms with E-state index in [1.807, 2.05) is 24.4 Å². The van der Waals surface area contributed by atoms with Crippen molar-refractivity contribution in [1.82, 2.24) is 9.88 Å². The molecule has 2 aliphatic heterocycles. The SMILES string of the molecule is O=C1c2ccc(Cl)cc2CCN1c1ccc(CN2CCC(O)C2)cn1. The molecule has 2 aromatic rings. The summed E-state index contributed by atoms with van der Waals surface area (Å²) < 4.78 is 0. The number of pyridine rings is 1. The van der Waals surface area contributed by atoms with E-state index in [1.54, 1.807) is 17.0 Å². The zero-order valence-corrected chi connectivity index (χ0v) is 14.6. The van der Waals surface area contributed by atoms with Crippen LogP contribution in [0.5, 0.6) is 0 Å². The maximum atomic E-state index is 12.7. The number of aliphatic hydroxyl groups excluding tert-OH is 1. The van der Waals surface area contributed by atoms with Crippen LogP contribution < -0.4 is 4.90 Å². The first-order valence-electron chi connectivity index (χ1n) is 8.56. The first-order valence-corrected chi connectivity index (χ1v) is 8.93. The van der Waals surface area contributed by atoms with E-state index < -0.39 is 0 Å². The summed E-state index contributed by atoms with van der Waals surface area (Å²) >= 11 is 6.02. The highest BCUT2D eigenvalue weighted by atomic mass is 35.5. The van der Waals surface area contributed by atoms with Crippen LogP contribution >= 0.6 is 11.6 Å². The van der Waals surface area contributed by atoms with Gasteiger partial charge in [-0.2, -0.15) is 0 Å². The van der Waals surface area contributed by atoms with Gasteiger partial charge in [0.2, 0.25) is 0 Å². The first kappa shape index (κ1) is 16.5. The first-order chi connectivity index (χ1) is 12.1. The van der Waals surface area contributed by atoms with Gasteiger partial charge in [-0.3, -0.25) is 14.6 Å². The molecule has 130 valence electrons. The number of hydrogen-bond donors (Lipinski definition) is 1. The van der Waals surface area contributed by atoms with E-state index >= 15 is 0 Å². The summed E-state index contributed by atoms with van der Waals surface area (Å²) in [5.74, 6) is 0.650. The van der Waals surface area contributed by atoms with Crippen LogP contribution in [0.25, 0.3) is 0 Å². The zero-order valence-electron chi connectivity index (χ0n) is 13.9. The summed E-state index contributed by atoms with van der Waals surface area (Å²) in [7, 11) is 0. The van der Waals surface area contributed by atoms with Crippen molar-refractivity contribution < 1.29 is 9.90 Å². The molecule has 1 N–H and O–H groups in total. The second-order valence-electron chi connectivity index (χ2n) is 6.71. The van der Waals surface area contributed by atoms with Crippen LogP contribution in [0.2, 0.25) is 5.02 Å². The van der Waals surface area contributed by atoms with Gasteiger partial charge in [-0.25, -0.2) is 4.98 Å². The molecule has 2 aliphatic rings. The third-order valence-corrected chi connectivity index (χ3v) is 5.12. The molecule has 6 heteroatoms. The van der Waals surface area contributed by atoms with E-state index in [9.17, 15) is 9.90 Å². The number of benzene rings is 1. The van der Waals surface area contributed by atoms with Gasteiger partial charge >= 0.3 is 0 Å². The van der Waals surface area contributed by atoms with Crippen LogP contribution in [-0.4, -0.2) is 46.6 Å². The molecule has 25 heavy (non-hydrogen) atoms. The minimum absolute atomic E-state index is 0.0270. The summed E-state index contributed by atoms with van der Waals surface area (Å²) in [5.41, 5.74) is 2.79. The molecule has 1 aromatic carbocycles. The second kappa shape index (κ2) is 6.75. The van der Waals surface area contributed by atoms with E-state index in [0.717, 1.165) is 37.1 Å². The smallest absolute Gasteiger partial charge is 0.259 e. The Hall–Kier alpha value is -1.95. The normalized spacial score (nSPS) is 20.8. The van der Waals surface area contributed by atoms with Gasteiger partial charge in [-0.1, -0.05) is 17.7 Å². The number of halogens is 1. The topological polar surface area (TPSA) is 56.7 Å². The van der Waals surface area contributed by atoms with E-state index in [0.29, 0.717) is 29.5 Å². The molecule has 5 nitrogen and oxygen atoms in total. The molecule has 0 spiro atoms. The van der Waals surface area contributed by atoms with Gasteiger partial charge < -0.3 is 5.11 Å². The Morgan fingerprint density at radius 1 is 1.24 bits per heavy atom. The Labute approximate surface area is 151 Å². The second-order valence-corrected chi connectivity index (χ2v) is 7.15. The largest absolute Gasteiger partial charge is 0.392 e. The number of fused-ring (bicyclic) bond motifs is 1. The molecular formula is C19H20ClN3O2. The molecule has 0 saturated carbocycles. The average Bonchev–Trinajstić information content (AvgIpc) is 3.01. The molecule has 1 amide bonds. The zero-order chi connectivity index (χ0) is 17.4. The summed E-state index contributed by atoms with van der Waals surface area (Å²) in [6.07, 6.45) is 3.21. The molecule has 4 rings (SSSR count). The van der Waals surface area contributed by atoms with E-state index in [2.05, 4.69) is 9.88 Å². The molecule has 0 bridgehead atoms. The van der Waals surface area contributed by atoms with Crippen LogP contribution in [0.1, 0.15) is 27.9 Å². The van der Waals surface area contributed by atoms with Crippen molar-refractivity contribution in [3.05, 3.63) is 58.2 Å². The molecule has 1 aromatic heterocycles. The number of amides is 1. The number of β-amino-alcohol motifs (C(OH)–C–C–N with tert-alkyl or cyclic N) is 1. The monoisotopic (exact) mass is 357 g/mol. The fourth-order valence-corrected chi connectivity index (χ4v) is 3.75. The maximum absolute atomic E-state index is 12.7. The lowest BCUT2D eigenvalue weighted by Crippen LogP contribution is -2.38. The number of carbonyl (C=O) groups is 1. The lowest BCUT2D eigenvalue weighted by atomic mass is 9.99. The van der Waals surface area contributed by atoms with Crippen LogP contribution in [0, 0.1) is 0 Å². The Morgan fingerprint density at radius 3 is 2.84 bits per heavy atom. The maximum Gasteiger partial charge on any atom is 0.259 e. The number of anilines is 1. The Bertz CT molecular complexity index is 794. The molecule has 1 unspecified atom stereocenters. The fraction of sp³-hybridized carbons (Fsp3) is 0.368. The van der Waals surface area contributed by atoms with Crippen molar-refractivity contribution >= 4 is 23.3 Å². The van der Waals surface area contributed by atoms with Crippen molar-refractivity contribution in [2.75, 3.05) is 24.5 Å². The predicted octanol–water partition coefficient (Wildman–Crippen LogP) is 2.50. The molecule has 1 fully saturated rings. The highest BCUT2D eigenvalue weighted by molar-refractivity contribution is 6.30. The summed E-state index contributed by atoms with van der Waals surface area (Å²) in [4.78, 5) is 21.2. The molecule has 0 radical (unpaired) electrons. The van der Waals surface area contributed by atoms with Crippen LogP contribution in [-0.2, 0) is 13.0 Å².